The van der Waals surface area contributed by atoms with E-state index in [-0.39, 0.29) is 11.9 Å². The molecule has 0 saturated heterocycles. The minimum atomic E-state index is -0.171. The molecule has 0 aromatic carbocycles. The van der Waals surface area contributed by atoms with Crippen LogP contribution < -0.4 is 0 Å². The monoisotopic (exact) mass is 263 g/mol. The number of unbranched alkanes of at least 4 members (excludes halogenated alkanes) is 1. The van der Waals surface area contributed by atoms with Crippen molar-refractivity contribution < 1.29 is 9.63 Å². The van der Waals surface area contributed by atoms with Gasteiger partial charge in [-0.05, 0) is 31.3 Å². The molecule has 0 aromatic rings. The number of carbonyl (C=O) groups is 1. The highest BCUT2D eigenvalue weighted by molar-refractivity contribution is 8.22. The molecule has 0 aliphatic heterocycles. The number of thiocarbonyl (C=S) groups is 1. The molecule has 0 bridgehead atoms. The van der Waals surface area contributed by atoms with E-state index in [4.69, 9.17) is 17.1 Å². The van der Waals surface area contributed by atoms with Crippen molar-refractivity contribution in [2.24, 2.45) is 5.92 Å². The predicted molar refractivity (Wildman–Crippen MR) is 73.3 cm³/mol. The van der Waals surface area contributed by atoms with Gasteiger partial charge in [0, 0.05) is 7.05 Å². The zero-order valence-electron chi connectivity index (χ0n) is 10.5. The van der Waals surface area contributed by atoms with E-state index in [1.54, 1.807) is 7.05 Å². The summed E-state index contributed by atoms with van der Waals surface area (Å²) in [7, 11) is 1.67. The molecule has 0 amide bonds. The first-order valence-corrected chi connectivity index (χ1v) is 7.23. The van der Waals surface area contributed by atoms with Crippen LogP contribution in [0.2, 0.25) is 0 Å². The molecule has 5 heteroatoms. The summed E-state index contributed by atoms with van der Waals surface area (Å²) in [5, 5.41) is 1.37. The molecule has 0 spiro atoms. The lowest BCUT2D eigenvalue weighted by Crippen LogP contribution is -2.30. The first kappa shape index (κ1) is 15.7. The molecule has 1 atom stereocenters. The third-order valence-electron chi connectivity index (χ3n) is 2.39. The minimum absolute atomic E-state index is 0.00736. The number of carbonyl (C=O) groups excluding carboxylic acids is 1. The number of hydrogen-bond donors (Lipinski definition) is 0. The van der Waals surface area contributed by atoms with Crippen LogP contribution in [0.25, 0.3) is 0 Å². The van der Waals surface area contributed by atoms with Crippen LogP contribution >= 0.6 is 24.0 Å². The van der Waals surface area contributed by atoms with Crippen LogP contribution in [0, 0.1) is 5.92 Å². The summed E-state index contributed by atoms with van der Waals surface area (Å²) < 4.78 is 0.568. The van der Waals surface area contributed by atoms with Crippen LogP contribution in [0.1, 0.15) is 39.5 Å². The second-order valence-corrected chi connectivity index (χ2v) is 5.07. The van der Waals surface area contributed by atoms with Crippen LogP contribution in [-0.2, 0) is 9.63 Å². The van der Waals surface area contributed by atoms with Gasteiger partial charge in [-0.15, -0.1) is 0 Å². The summed E-state index contributed by atoms with van der Waals surface area (Å²) in [5.74, 6) is -0.179. The van der Waals surface area contributed by atoms with Gasteiger partial charge in [-0.25, -0.2) is 4.79 Å². The van der Waals surface area contributed by atoms with Gasteiger partial charge in [-0.3, -0.25) is 0 Å². The Labute approximate surface area is 108 Å². The first-order valence-electron chi connectivity index (χ1n) is 5.60. The Bertz CT molecular complexity index is 234. The molecule has 0 heterocycles. The van der Waals surface area contributed by atoms with E-state index in [2.05, 4.69) is 6.92 Å². The number of nitrogens with zero attached hydrogens (tertiary/aromatic N) is 1. The summed E-state index contributed by atoms with van der Waals surface area (Å²) in [6, 6.07) is 0. The Morgan fingerprint density at radius 3 is 2.56 bits per heavy atom. The van der Waals surface area contributed by atoms with E-state index in [1.807, 2.05) is 13.2 Å². The van der Waals surface area contributed by atoms with Crippen molar-refractivity contribution in [3.63, 3.8) is 0 Å². The highest BCUT2D eigenvalue weighted by Crippen LogP contribution is 2.15. The number of hydrogen-bond acceptors (Lipinski definition) is 4. The highest BCUT2D eigenvalue weighted by atomic mass is 32.2. The van der Waals surface area contributed by atoms with Crippen molar-refractivity contribution in [2.75, 3.05) is 13.3 Å². The molecule has 0 aliphatic rings. The normalized spacial score (nSPS) is 12.0. The van der Waals surface area contributed by atoms with Gasteiger partial charge in [-0.1, -0.05) is 38.5 Å². The predicted octanol–water partition coefficient (Wildman–Crippen LogP) is 3.24. The van der Waals surface area contributed by atoms with Crippen molar-refractivity contribution >= 4 is 34.3 Å². The van der Waals surface area contributed by atoms with Gasteiger partial charge >= 0.3 is 5.97 Å². The Morgan fingerprint density at radius 1 is 1.50 bits per heavy atom. The van der Waals surface area contributed by atoms with Gasteiger partial charge in [0.1, 0.15) is 0 Å². The van der Waals surface area contributed by atoms with E-state index in [0.29, 0.717) is 4.32 Å². The van der Waals surface area contributed by atoms with Crippen LogP contribution in [0.5, 0.6) is 0 Å². The van der Waals surface area contributed by atoms with Crippen molar-refractivity contribution in [3.05, 3.63) is 0 Å². The van der Waals surface area contributed by atoms with Gasteiger partial charge in [0.15, 0.2) is 4.32 Å². The zero-order chi connectivity index (χ0) is 12.6. The minimum Gasteiger partial charge on any atom is -0.339 e. The number of rotatable bonds is 5. The van der Waals surface area contributed by atoms with Crippen molar-refractivity contribution in [2.45, 2.75) is 39.5 Å². The van der Waals surface area contributed by atoms with Crippen molar-refractivity contribution in [1.29, 1.82) is 0 Å². The fourth-order valence-electron chi connectivity index (χ4n) is 1.31. The van der Waals surface area contributed by atoms with E-state index in [1.165, 1.54) is 16.8 Å². The van der Waals surface area contributed by atoms with E-state index in [9.17, 15) is 4.79 Å². The molecule has 3 nitrogen and oxygen atoms in total. The SMILES string of the molecule is CCCCC(CC)C(=O)ON(C)C(=S)SC. The summed E-state index contributed by atoms with van der Waals surface area (Å²) >= 11 is 6.41. The average Bonchev–Trinajstić information content (AvgIpc) is 2.28. The second kappa shape index (κ2) is 8.82. The smallest absolute Gasteiger partial charge is 0.335 e. The van der Waals surface area contributed by atoms with Crippen molar-refractivity contribution in [3.8, 4) is 0 Å². The fourth-order valence-corrected chi connectivity index (χ4v) is 1.65. The highest BCUT2D eigenvalue weighted by Gasteiger charge is 2.20. The maximum absolute atomic E-state index is 11.8. The van der Waals surface area contributed by atoms with Gasteiger partial charge in [0.2, 0.25) is 0 Å². The van der Waals surface area contributed by atoms with Crippen LogP contribution in [0.4, 0.5) is 0 Å². The number of thioether (sulfide) groups is 1. The van der Waals surface area contributed by atoms with Crippen LogP contribution in [0.15, 0.2) is 0 Å². The molecule has 0 rings (SSSR count). The summed E-state index contributed by atoms with van der Waals surface area (Å²) in [4.78, 5) is 17.0. The van der Waals surface area contributed by atoms with Gasteiger partial charge in [0.05, 0.1) is 5.92 Å². The second-order valence-electron chi connectivity index (χ2n) is 3.63. The Kier molecular flexibility index (Phi) is 8.66. The van der Waals surface area contributed by atoms with E-state index in [0.717, 1.165) is 25.7 Å². The molecule has 0 N–H and O–H groups in total. The lowest BCUT2D eigenvalue weighted by molar-refractivity contribution is -0.173. The van der Waals surface area contributed by atoms with Crippen LogP contribution in [-0.4, -0.2) is 28.7 Å². The summed E-state index contributed by atoms with van der Waals surface area (Å²) in [5.41, 5.74) is 0. The van der Waals surface area contributed by atoms with E-state index >= 15 is 0 Å². The Morgan fingerprint density at radius 2 is 2.12 bits per heavy atom. The molecule has 1 unspecified atom stereocenters. The molecule has 0 aliphatic carbocycles. The average molecular weight is 263 g/mol. The first-order chi connectivity index (χ1) is 7.56. The third-order valence-corrected chi connectivity index (χ3v) is 3.75. The molecule has 0 fully saturated rings. The molecule has 0 radical (unpaired) electrons. The maximum Gasteiger partial charge on any atom is 0.335 e. The maximum atomic E-state index is 11.8. The third kappa shape index (κ3) is 5.70. The van der Waals surface area contributed by atoms with Crippen molar-refractivity contribution in [1.82, 2.24) is 5.06 Å². The molecular formula is C11H21NO2S2. The Balaban J connectivity index is 4.14. The van der Waals surface area contributed by atoms with Gasteiger partial charge in [0.25, 0.3) is 0 Å². The molecular weight excluding hydrogens is 242 g/mol. The molecule has 94 valence electrons. The molecule has 0 aromatic heterocycles. The Hall–Kier alpha value is -0.290. The largest absolute Gasteiger partial charge is 0.339 e. The number of hydroxylamine groups is 2. The zero-order valence-corrected chi connectivity index (χ0v) is 12.1. The van der Waals surface area contributed by atoms with Crippen LogP contribution in [0.3, 0.4) is 0 Å². The quantitative estimate of drug-likeness (QED) is 0.561. The van der Waals surface area contributed by atoms with Gasteiger partial charge < -0.3 is 4.84 Å². The lowest BCUT2D eigenvalue weighted by atomic mass is 10.00. The van der Waals surface area contributed by atoms with Gasteiger partial charge in [-0.2, -0.15) is 5.06 Å². The topological polar surface area (TPSA) is 29.5 Å². The summed E-state index contributed by atoms with van der Waals surface area (Å²) in [6.45, 7) is 4.13. The molecule has 16 heavy (non-hydrogen) atoms. The lowest BCUT2D eigenvalue weighted by Gasteiger charge is -2.20. The standard InChI is InChI=1S/C11H21NO2S2/c1-5-7-8-9(6-2)10(13)14-12(3)11(15)16-4/h9H,5-8H2,1-4H3. The molecule has 0 saturated carbocycles. The summed E-state index contributed by atoms with van der Waals surface area (Å²) in [6.07, 6.45) is 5.73. The van der Waals surface area contributed by atoms with E-state index < -0.39 is 0 Å². The fraction of sp³-hybridized carbons (Fsp3) is 0.818.